The zero-order valence-electron chi connectivity index (χ0n) is 16.3. The molecule has 4 aliphatic rings. The highest BCUT2D eigenvalue weighted by atomic mass is 16.1. The molecule has 4 aliphatic carbocycles. The van der Waals surface area contributed by atoms with Crippen LogP contribution in [0.1, 0.15) is 70.4 Å². The van der Waals surface area contributed by atoms with Crippen LogP contribution in [0.15, 0.2) is 24.3 Å². The van der Waals surface area contributed by atoms with E-state index in [1.54, 1.807) is 0 Å². The van der Waals surface area contributed by atoms with Gasteiger partial charge in [-0.1, -0.05) is 29.8 Å². The van der Waals surface area contributed by atoms with Crippen molar-refractivity contribution in [1.29, 1.82) is 0 Å². The van der Waals surface area contributed by atoms with E-state index in [1.807, 2.05) is 0 Å². The summed E-state index contributed by atoms with van der Waals surface area (Å²) in [6.45, 7) is 9.13. The second-order valence-electron chi connectivity index (χ2n) is 10.4. The molecule has 0 radical (unpaired) electrons. The Kier molecular flexibility index (Phi) is 3.92. The van der Waals surface area contributed by atoms with Gasteiger partial charge in [0.25, 0.3) is 0 Å². The quantitative estimate of drug-likeness (QED) is 0.854. The van der Waals surface area contributed by atoms with E-state index in [1.165, 1.54) is 30.4 Å². The smallest absolute Gasteiger partial charge is 0.152 e. The average molecular weight is 340 g/mol. The number of Topliss-reactive ketones (excluding diaryl/α,β-unsaturated/α-hetero) is 1. The van der Waals surface area contributed by atoms with Crippen LogP contribution in [0.3, 0.4) is 0 Å². The van der Waals surface area contributed by atoms with Crippen LogP contribution in [0.2, 0.25) is 0 Å². The van der Waals surface area contributed by atoms with Gasteiger partial charge in [0, 0.05) is 11.0 Å². The molecule has 0 saturated heterocycles. The molecule has 0 heterocycles. The summed E-state index contributed by atoms with van der Waals surface area (Å²) in [6, 6.07) is 9.19. The first-order chi connectivity index (χ1) is 11.7. The Bertz CT molecular complexity index is 652. The molecule has 0 spiro atoms. The van der Waals surface area contributed by atoms with Gasteiger partial charge in [-0.2, -0.15) is 0 Å². The molecule has 2 atom stereocenters. The van der Waals surface area contributed by atoms with Crippen LogP contribution >= 0.6 is 0 Å². The van der Waals surface area contributed by atoms with Gasteiger partial charge in [-0.25, -0.2) is 0 Å². The van der Waals surface area contributed by atoms with Gasteiger partial charge >= 0.3 is 0 Å². The van der Waals surface area contributed by atoms with E-state index in [2.05, 4.69) is 57.3 Å². The highest BCUT2D eigenvalue weighted by Crippen LogP contribution is 2.65. The van der Waals surface area contributed by atoms with Crippen LogP contribution in [0.5, 0.6) is 0 Å². The Labute approximate surface area is 152 Å². The van der Waals surface area contributed by atoms with Gasteiger partial charge in [0.1, 0.15) is 0 Å². The predicted octanol–water partition coefficient (Wildman–Crippen LogP) is 4.79. The van der Waals surface area contributed by atoms with Crippen molar-refractivity contribution < 1.29 is 4.79 Å². The van der Waals surface area contributed by atoms with E-state index >= 15 is 0 Å². The number of carbonyl (C=O) groups excluding carboxylic acids is 1. The van der Waals surface area contributed by atoms with E-state index in [0.717, 1.165) is 31.1 Å². The Morgan fingerprint density at radius 1 is 1.08 bits per heavy atom. The molecule has 5 rings (SSSR count). The van der Waals surface area contributed by atoms with Gasteiger partial charge < -0.3 is 5.32 Å². The van der Waals surface area contributed by atoms with Crippen LogP contribution < -0.4 is 5.32 Å². The van der Waals surface area contributed by atoms with Crippen molar-refractivity contribution in [1.82, 2.24) is 5.32 Å². The third-order valence-electron chi connectivity index (χ3n) is 7.10. The van der Waals surface area contributed by atoms with E-state index in [9.17, 15) is 4.79 Å². The lowest BCUT2D eigenvalue weighted by Crippen LogP contribution is -2.58. The maximum Gasteiger partial charge on any atom is 0.152 e. The summed E-state index contributed by atoms with van der Waals surface area (Å²) in [5.74, 6) is 1.98. The van der Waals surface area contributed by atoms with Gasteiger partial charge in [0.2, 0.25) is 0 Å². The summed E-state index contributed by atoms with van der Waals surface area (Å²) in [5.41, 5.74) is 3.02. The minimum Gasteiger partial charge on any atom is -0.305 e. The summed E-state index contributed by atoms with van der Waals surface area (Å²) in [5, 5.41) is 3.46. The molecule has 1 aromatic carbocycles. The van der Waals surface area contributed by atoms with E-state index < -0.39 is 0 Å². The molecular weight excluding hydrogens is 306 g/mol. The normalized spacial score (nSPS) is 36.6. The molecule has 0 amide bonds. The molecule has 2 heteroatoms. The average Bonchev–Trinajstić information content (AvgIpc) is 2.51. The Morgan fingerprint density at radius 3 is 2.24 bits per heavy atom. The van der Waals surface area contributed by atoms with Crippen molar-refractivity contribution in [2.75, 3.05) is 6.54 Å². The predicted molar refractivity (Wildman–Crippen MR) is 103 cm³/mol. The van der Waals surface area contributed by atoms with Gasteiger partial charge in [-0.15, -0.1) is 0 Å². The first-order valence-corrected chi connectivity index (χ1v) is 10.1. The number of nitrogens with one attached hydrogen (secondary N) is 1. The van der Waals surface area contributed by atoms with Crippen molar-refractivity contribution >= 4 is 5.78 Å². The number of ketones is 1. The molecule has 136 valence electrons. The maximum absolute atomic E-state index is 13.3. The number of rotatable bonds is 4. The minimum atomic E-state index is -0.0623. The van der Waals surface area contributed by atoms with Crippen molar-refractivity contribution in [3.05, 3.63) is 35.4 Å². The summed E-state index contributed by atoms with van der Waals surface area (Å²) in [4.78, 5) is 13.3. The summed E-state index contributed by atoms with van der Waals surface area (Å²) in [7, 11) is 0. The topological polar surface area (TPSA) is 29.1 Å². The Morgan fingerprint density at radius 2 is 1.68 bits per heavy atom. The molecule has 4 bridgehead atoms. The largest absolute Gasteiger partial charge is 0.305 e. The summed E-state index contributed by atoms with van der Waals surface area (Å²) < 4.78 is 0. The van der Waals surface area contributed by atoms with Gasteiger partial charge in [-0.3, -0.25) is 4.79 Å². The third-order valence-corrected chi connectivity index (χ3v) is 7.10. The standard InChI is InChI=1S/C23H33NO/c1-16-5-7-19(8-6-16)22-10-17-9-18(11-22)13-23(12-17,15-22)20(25)14-24-21(2,3)4/h5-8,17-18,24H,9-15H2,1-4H3/t17-,18-,22?,23?/m0/s1. The maximum atomic E-state index is 13.3. The first-order valence-electron chi connectivity index (χ1n) is 10.1. The second-order valence-corrected chi connectivity index (χ2v) is 10.4. The molecule has 4 saturated carbocycles. The van der Waals surface area contributed by atoms with Gasteiger partial charge in [-0.05, 0) is 89.0 Å². The highest BCUT2D eigenvalue weighted by molar-refractivity contribution is 5.87. The molecule has 0 aromatic heterocycles. The van der Waals surface area contributed by atoms with Crippen LogP contribution in [-0.4, -0.2) is 17.9 Å². The first kappa shape index (κ1) is 17.3. The molecule has 0 unspecified atom stereocenters. The lowest BCUT2D eigenvalue weighted by Gasteiger charge is -2.62. The number of carbonyl (C=O) groups is 1. The third kappa shape index (κ3) is 3.07. The second kappa shape index (κ2) is 5.67. The van der Waals surface area contributed by atoms with Crippen molar-refractivity contribution in [2.45, 2.75) is 77.2 Å². The zero-order chi connectivity index (χ0) is 17.9. The minimum absolute atomic E-state index is 0.00655. The summed E-state index contributed by atoms with van der Waals surface area (Å²) in [6.07, 6.45) is 7.32. The number of hydrogen-bond donors (Lipinski definition) is 1. The van der Waals surface area contributed by atoms with E-state index in [4.69, 9.17) is 0 Å². The van der Waals surface area contributed by atoms with Crippen molar-refractivity contribution in [3.63, 3.8) is 0 Å². The zero-order valence-corrected chi connectivity index (χ0v) is 16.3. The SMILES string of the molecule is Cc1ccc(C23C[C@@H]4C[C@H](CC(C(=O)CNC(C)(C)C)(C4)C2)C3)cc1. The van der Waals surface area contributed by atoms with Crippen molar-refractivity contribution in [2.24, 2.45) is 17.3 Å². The van der Waals surface area contributed by atoms with E-state index in [0.29, 0.717) is 12.3 Å². The fourth-order valence-electron chi connectivity index (χ4n) is 6.37. The van der Waals surface area contributed by atoms with Crippen LogP contribution in [0.25, 0.3) is 0 Å². The van der Waals surface area contributed by atoms with Crippen LogP contribution in [0.4, 0.5) is 0 Å². The summed E-state index contributed by atoms with van der Waals surface area (Å²) >= 11 is 0. The fraction of sp³-hybridized carbons (Fsp3) is 0.696. The van der Waals surface area contributed by atoms with Crippen LogP contribution in [-0.2, 0) is 10.2 Å². The number of hydrogen-bond acceptors (Lipinski definition) is 2. The highest BCUT2D eigenvalue weighted by Gasteiger charge is 2.60. The Balaban J connectivity index is 1.63. The Hall–Kier alpha value is -1.15. The number of aryl methyl sites for hydroxylation is 1. The fourth-order valence-corrected chi connectivity index (χ4v) is 6.37. The van der Waals surface area contributed by atoms with Gasteiger partial charge in [0.05, 0.1) is 6.54 Å². The molecular formula is C23H33NO. The number of benzene rings is 1. The van der Waals surface area contributed by atoms with Gasteiger partial charge in [0.15, 0.2) is 5.78 Å². The molecule has 4 fully saturated rings. The molecule has 1 aromatic rings. The van der Waals surface area contributed by atoms with Crippen LogP contribution in [0, 0.1) is 24.2 Å². The lowest BCUT2D eigenvalue weighted by molar-refractivity contribution is -0.146. The molecule has 1 N–H and O–H groups in total. The van der Waals surface area contributed by atoms with Crippen molar-refractivity contribution in [3.8, 4) is 0 Å². The molecule has 0 aliphatic heterocycles. The molecule has 25 heavy (non-hydrogen) atoms. The lowest BCUT2D eigenvalue weighted by atomic mass is 9.42. The monoisotopic (exact) mass is 339 g/mol. The molecule has 2 nitrogen and oxygen atoms in total. The van der Waals surface area contributed by atoms with E-state index in [-0.39, 0.29) is 16.4 Å².